The highest BCUT2D eigenvalue weighted by Gasteiger charge is 2.31. The Morgan fingerprint density at radius 2 is 2.06 bits per heavy atom. The van der Waals surface area contributed by atoms with Gasteiger partial charge in [0.05, 0.1) is 4.83 Å². The Kier molecular flexibility index (Phi) is 5.21. The van der Waals surface area contributed by atoms with Crippen molar-refractivity contribution in [1.82, 2.24) is 0 Å². The minimum Gasteiger partial charge on any atom is -0.406 e. The monoisotopic (exact) mass is 388 g/mol. The molecule has 0 amide bonds. The molecule has 100 valence electrons. The van der Waals surface area contributed by atoms with Crippen molar-refractivity contribution in [1.29, 1.82) is 0 Å². The minimum atomic E-state index is -4.77. The summed E-state index contributed by atoms with van der Waals surface area (Å²) in [6.07, 6.45) is -4.77. The van der Waals surface area contributed by atoms with Gasteiger partial charge in [-0.15, -0.1) is 13.2 Å². The molecule has 1 atom stereocenters. The lowest BCUT2D eigenvalue weighted by Crippen LogP contribution is -2.18. The molecule has 0 saturated heterocycles. The van der Waals surface area contributed by atoms with Gasteiger partial charge in [0.25, 0.3) is 0 Å². The third kappa shape index (κ3) is 4.28. The molecule has 18 heavy (non-hydrogen) atoms. The van der Waals surface area contributed by atoms with Crippen LogP contribution in [0.3, 0.4) is 0 Å². The minimum absolute atomic E-state index is 0.206. The lowest BCUT2D eigenvalue weighted by Gasteiger charge is -2.13. The summed E-state index contributed by atoms with van der Waals surface area (Å²) >= 11 is 6.28. The molecule has 0 saturated carbocycles. The van der Waals surface area contributed by atoms with E-state index in [2.05, 4.69) is 36.6 Å². The van der Waals surface area contributed by atoms with E-state index in [0.717, 1.165) is 6.07 Å². The molecule has 0 heterocycles. The number of rotatable bonds is 4. The van der Waals surface area contributed by atoms with Crippen LogP contribution in [0.15, 0.2) is 18.2 Å². The van der Waals surface area contributed by atoms with E-state index in [-0.39, 0.29) is 11.3 Å². The molecule has 1 aromatic carbocycles. The van der Waals surface area contributed by atoms with E-state index in [9.17, 15) is 18.0 Å². The summed E-state index contributed by atoms with van der Waals surface area (Å²) in [7, 11) is 0. The molecular weight excluding hydrogens is 381 g/mol. The van der Waals surface area contributed by atoms with Crippen molar-refractivity contribution >= 4 is 37.6 Å². The summed E-state index contributed by atoms with van der Waals surface area (Å²) in [5, 5.41) is 0.375. The lowest BCUT2D eigenvalue weighted by atomic mass is 10.0. The zero-order chi connectivity index (χ0) is 13.9. The van der Waals surface area contributed by atoms with Crippen molar-refractivity contribution in [3.8, 4) is 5.75 Å². The van der Waals surface area contributed by atoms with E-state index >= 15 is 0 Å². The molecule has 0 aliphatic carbocycles. The molecule has 0 fully saturated rings. The van der Waals surface area contributed by atoms with Gasteiger partial charge in [-0.1, -0.05) is 37.9 Å². The van der Waals surface area contributed by atoms with Crippen LogP contribution in [-0.2, 0) is 5.33 Å². The second-order valence-electron chi connectivity index (χ2n) is 3.48. The third-order valence-corrected chi connectivity index (χ3v) is 3.11. The number of hydrogen-bond acceptors (Lipinski definition) is 2. The van der Waals surface area contributed by atoms with Crippen LogP contribution in [0.5, 0.6) is 5.75 Å². The maximum absolute atomic E-state index is 12.1. The standard InChI is InChI=1S/C11H9Br2F3O2/c1-6(13)10(17)9-4-8(18-11(14,15)16)3-2-7(9)5-12/h2-4,6H,5H2,1H3. The Balaban J connectivity index is 3.14. The fourth-order valence-electron chi connectivity index (χ4n) is 1.31. The van der Waals surface area contributed by atoms with E-state index in [4.69, 9.17) is 0 Å². The summed E-state index contributed by atoms with van der Waals surface area (Å²) in [4.78, 5) is 11.4. The van der Waals surface area contributed by atoms with Gasteiger partial charge in [0.1, 0.15) is 5.75 Å². The normalized spacial score (nSPS) is 13.2. The highest BCUT2D eigenvalue weighted by atomic mass is 79.9. The van der Waals surface area contributed by atoms with Gasteiger partial charge in [0.2, 0.25) is 0 Å². The van der Waals surface area contributed by atoms with Crippen LogP contribution in [0, 0.1) is 0 Å². The summed E-state index contributed by atoms with van der Waals surface area (Å²) < 4.78 is 40.1. The first-order valence-electron chi connectivity index (χ1n) is 4.87. The summed E-state index contributed by atoms with van der Waals surface area (Å²) in [5.74, 6) is -0.694. The van der Waals surface area contributed by atoms with Crippen molar-refractivity contribution < 1.29 is 22.7 Å². The predicted molar refractivity (Wildman–Crippen MR) is 68.5 cm³/mol. The average Bonchev–Trinajstić information content (AvgIpc) is 2.25. The smallest absolute Gasteiger partial charge is 0.406 e. The summed E-state index contributed by atoms with van der Waals surface area (Å²) in [5.41, 5.74) is 0.818. The fourth-order valence-corrected chi connectivity index (χ4v) is 2.05. The van der Waals surface area contributed by atoms with Crippen molar-refractivity contribution in [3.63, 3.8) is 0 Å². The van der Waals surface area contributed by atoms with Crippen LogP contribution in [-0.4, -0.2) is 17.0 Å². The Bertz CT molecular complexity index is 444. The van der Waals surface area contributed by atoms with E-state index in [0.29, 0.717) is 10.9 Å². The summed E-state index contributed by atoms with van der Waals surface area (Å²) in [6.45, 7) is 1.61. The number of carbonyl (C=O) groups excluding carboxylic acids is 1. The SMILES string of the molecule is CC(Br)C(=O)c1cc(OC(F)(F)F)ccc1CBr. The first-order valence-corrected chi connectivity index (χ1v) is 6.91. The third-order valence-electron chi connectivity index (χ3n) is 2.09. The maximum atomic E-state index is 12.1. The predicted octanol–water partition coefficient (Wildman–Crippen LogP) is 4.45. The lowest BCUT2D eigenvalue weighted by molar-refractivity contribution is -0.274. The quantitative estimate of drug-likeness (QED) is 0.561. The maximum Gasteiger partial charge on any atom is 0.573 e. The Morgan fingerprint density at radius 1 is 1.44 bits per heavy atom. The number of Topliss-reactive ketones (excluding diaryl/α,β-unsaturated/α-hetero) is 1. The first kappa shape index (κ1) is 15.5. The summed E-state index contributed by atoms with van der Waals surface area (Å²) in [6, 6.07) is 3.71. The van der Waals surface area contributed by atoms with Gasteiger partial charge in [0.15, 0.2) is 5.78 Å². The van der Waals surface area contributed by atoms with Crippen LogP contribution >= 0.6 is 31.9 Å². The zero-order valence-electron chi connectivity index (χ0n) is 9.22. The molecule has 1 rings (SSSR count). The molecule has 0 N–H and O–H groups in total. The number of hydrogen-bond donors (Lipinski definition) is 0. The first-order chi connectivity index (χ1) is 8.24. The molecule has 0 aromatic heterocycles. The molecule has 1 aromatic rings. The average molecular weight is 390 g/mol. The van der Waals surface area contributed by atoms with Crippen LogP contribution in [0.25, 0.3) is 0 Å². The zero-order valence-corrected chi connectivity index (χ0v) is 12.4. The van der Waals surface area contributed by atoms with Gasteiger partial charge in [-0.05, 0) is 24.6 Å². The Labute approximate surface area is 119 Å². The highest BCUT2D eigenvalue weighted by molar-refractivity contribution is 9.10. The van der Waals surface area contributed by atoms with E-state index in [1.807, 2.05) is 0 Å². The molecule has 0 aliphatic heterocycles. The van der Waals surface area contributed by atoms with E-state index in [1.54, 1.807) is 6.92 Å². The molecule has 1 unspecified atom stereocenters. The number of ether oxygens (including phenoxy) is 1. The van der Waals surface area contributed by atoms with Gasteiger partial charge in [0, 0.05) is 10.9 Å². The van der Waals surface area contributed by atoms with E-state index in [1.165, 1.54) is 12.1 Å². The van der Waals surface area contributed by atoms with Crippen LogP contribution < -0.4 is 4.74 Å². The van der Waals surface area contributed by atoms with Gasteiger partial charge in [-0.25, -0.2) is 0 Å². The number of benzene rings is 1. The highest BCUT2D eigenvalue weighted by Crippen LogP contribution is 2.27. The molecule has 0 aliphatic rings. The van der Waals surface area contributed by atoms with Gasteiger partial charge in [-0.2, -0.15) is 0 Å². The number of halogens is 5. The fraction of sp³-hybridized carbons (Fsp3) is 0.364. The van der Waals surface area contributed by atoms with Crippen LogP contribution in [0.1, 0.15) is 22.8 Å². The molecule has 0 spiro atoms. The van der Waals surface area contributed by atoms with Gasteiger partial charge < -0.3 is 4.74 Å². The van der Waals surface area contributed by atoms with Crippen LogP contribution in [0.2, 0.25) is 0 Å². The second kappa shape index (κ2) is 6.06. The number of ketones is 1. The van der Waals surface area contributed by atoms with Gasteiger partial charge >= 0.3 is 6.36 Å². The van der Waals surface area contributed by atoms with Crippen LogP contribution in [0.4, 0.5) is 13.2 Å². The van der Waals surface area contributed by atoms with Crippen molar-refractivity contribution in [2.75, 3.05) is 0 Å². The van der Waals surface area contributed by atoms with E-state index < -0.39 is 16.9 Å². The molecular formula is C11H9Br2F3O2. The molecule has 0 radical (unpaired) electrons. The number of carbonyl (C=O) groups is 1. The van der Waals surface area contributed by atoms with Crippen molar-refractivity contribution in [3.05, 3.63) is 29.3 Å². The van der Waals surface area contributed by atoms with Gasteiger partial charge in [-0.3, -0.25) is 4.79 Å². The Morgan fingerprint density at radius 3 is 2.50 bits per heavy atom. The topological polar surface area (TPSA) is 26.3 Å². The molecule has 2 nitrogen and oxygen atoms in total. The Hall–Kier alpha value is -0.560. The molecule has 0 bridgehead atoms. The molecule has 7 heteroatoms. The van der Waals surface area contributed by atoms with Crippen molar-refractivity contribution in [2.24, 2.45) is 0 Å². The van der Waals surface area contributed by atoms with Crippen molar-refractivity contribution in [2.45, 2.75) is 23.4 Å². The number of alkyl halides is 5. The largest absolute Gasteiger partial charge is 0.573 e. The second-order valence-corrected chi connectivity index (χ2v) is 5.41.